The van der Waals surface area contributed by atoms with Crippen LogP contribution in [0.4, 0.5) is 0 Å². The van der Waals surface area contributed by atoms with Crippen molar-refractivity contribution in [3.8, 4) is 0 Å². The van der Waals surface area contributed by atoms with Gasteiger partial charge in [-0.3, -0.25) is 4.98 Å². The first kappa shape index (κ1) is 13.8. The predicted molar refractivity (Wildman–Crippen MR) is 79.1 cm³/mol. The summed E-state index contributed by atoms with van der Waals surface area (Å²) in [5.41, 5.74) is 1.33. The Kier molecular flexibility index (Phi) is 5.47. The molecule has 0 aliphatic carbocycles. The third kappa shape index (κ3) is 3.70. The highest BCUT2D eigenvalue weighted by molar-refractivity contribution is 7.99. The van der Waals surface area contributed by atoms with Crippen LogP contribution in [0, 0.1) is 0 Å². The summed E-state index contributed by atoms with van der Waals surface area (Å²) in [5.74, 6) is 2.49. The Hall–Kier alpha value is -0.580. The Morgan fingerprint density at radius 2 is 2.50 bits per heavy atom. The second-order valence-electron chi connectivity index (χ2n) is 4.85. The molecule has 0 amide bonds. The average Bonchev–Trinajstić information content (AvgIpc) is 2.40. The molecule has 2 heterocycles. The molecule has 0 aromatic carbocycles. The molecule has 1 aliphatic heterocycles. The SMILES string of the molecule is CCNC(Cc1cccnc1)C1CSCCN1C. The Labute approximate surface area is 114 Å². The lowest BCUT2D eigenvalue weighted by Gasteiger charge is -2.38. The van der Waals surface area contributed by atoms with Crippen LogP contribution in [0.25, 0.3) is 0 Å². The first-order valence-corrected chi connectivity index (χ1v) is 7.87. The van der Waals surface area contributed by atoms with Gasteiger partial charge in [-0.2, -0.15) is 11.8 Å². The van der Waals surface area contributed by atoms with Gasteiger partial charge in [0.15, 0.2) is 0 Å². The van der Waals surface area contributed by atoms with E-state index in [1.807, 2.05) is 18.5 Å². The van der Waals surface area contributed by atoms with Crippen LogP contribution in [0.1, 0.15) is 12.5 Å². The minimum atomic E-state index is 0.525. The fourth-order valence-electron chi connectivity index (χ4n) is 2.51. The first-order valence-electron chi connectivity index (χ1n) is 6.71. The van der Waals surface area contributed by atoms with Crippen LogP contribution < -0.4 is 5.32 Å². The molecule has 18 heavy (non-hydrogen) atoms. The zero-order valence-corrected chi connectivity index (χ0v) is 12.1. The van der Waals surface area contributed by atoms with E-state index in [9.17, 15) is 0 Å². The summed E-state index contributed by atoms with van der Waals surface area (Å²) in [6.07, 6.45) is 4.89. The van der Waals surface area contributed by atoms with Gasteiger partial charge < -0.3 is 10.2 Å². The lowest BCUT2D eigenvalue weighted by Crippen LogP contribution is -2.53. The van der Waals surface area contributed by atoms with Gasteiger partial charge in [-0.15, -0.1) is 0 Å². The molecule has 1 N–H and O–H groups in total. The third-order valence-electron chi connectivity index (χ3n) is 3.55. The smallest absolute Gasteiger partial charge is 0.0340 e. The molecule has 4 heteroatoms. The average molecular weight is 265 g/mol. The number of likely N-dealkylation sites (N-methyl/N-ethyl adjacent to an activating group) is 2. The van der Waals surface area contributed by atoms with Gasteiger partial charge in [0.2, 0.25) is 0 Å². The lowest BCUT2D eigenvalue weighted by molar-refractivity contribution is 0.215. The van der Waals surface area contributed by atoms with Crippen molar-refractivity contribution in [1.82, 2.24) is 15.2 Å². The molecular weight excluding hydrogens is 242 g/mol. The van der Waals surface area contributed by atoms with Crippen LogP contribution in [-0.2, 0) is 6.42 Å². The maximum Gasteiger partial charge on any atom is 0.0340 e. The van der Waals surface area contributed by atoms with Gasteiger partial charge in [-0.05, 0) is 31.6 Å². The van der Waals surface area contributed by atoms with Gasteiger partial charge in [0, 0.05) is 42.5 Å². The molecule has 0 saturated carbocycles. The van der Waals surface area contributed by atoms with Gasteiger partial charge in [-0.1, -0.05) is 13.0 Å². The highest BCUT2D eigenvalue weighted by Gasteiger charge is 2.27. The maximum atomic E-state index is 4.22. The summed E-state index contributed by atoms with van der Waals surface area (Å²) >= 11 is 2.07. The Bertz CT molecular complexity index is 344. The maximum absolute atomic E-state index is 4.22. The number of aromatic nitrogens is 1. The monoisotopic (exact) mass is 265 g/mol. The first-order chi connectivity index (χ1) is 8.81. The number of hydrogen-bond donors (Lipinski definition) is 1. The standard InChI is InChI=1S/C14H23N3S/c1-3-16-13(9-12-5-4-6-15-10-12)14-11-18-8-7-17(14)2/h4-6,10,13-14,16H,3,7-9,11H2,1-2H3. The van der Waals surface area contributed by atoms with Gasteiger partial charge in [0.05, 0.1) is 0 Å². The highest BCUT2D eigenvalue weighted by Crippen LogP contribution is 2.19. The molecular formula is C14H23N3S. The van der Waals surface area contributed by atoms with Crippen LogP contribution in [0.15, 0.2) is 24.5 Å². The normalized spacial score (nSPS) is 22.9. The summed E-state index contributed by atoms with van der Waals surface area (Å²) in [5, 5.41) is 3.65. The number of nitrogens with zero attached hydrogens (tertiary/aromatic N) is 2. The van der Waals surface area contributed by atoms with E-state index in [1.54, 1.807) is 0 Å². The largest absolute Gasteiger partial charge is 0.312 e. The minimum Gasteiger partial charge on any atom is -0.312 e. The molecule has 2 atom stereocenters. The number of hydrogen-bond acceptors (Lipinski definition) is 4. The van der Waals surface area contributed by atoms with Crippen molar-refractivity contribution in [2.24, 2.45) is 0 Å². The van der Waals surface area contributed by atoms with E-state index in [0.29, 0.717) is 12.1 Å². The quantitative estimate of drug-likeness (QED) is 0.876. The second-order valence-corrected chi connectivity index (χ2v) is 6.00. The second kappa shape index (κ2) is 7.12. The summed E-state index contributed by atoms with van der Waals surface area (Å²) in [6, 6.07) is 5.35. The fraction of sp³-hybridized carbons (Fsp3) is 0.643. The van der Waals surface area contributed by atoms with E-state index in [0.717, 1.165) is 13.0 Å². The van der Waals surface area contributed by atoms with Crippen molar-refractivity contribution in [2.45, 2.75) is 25.4 Å². The molecule has 1 saturated heterocycles. The highest BCUT2D eigenvalue weighted by atomic mass is 32.2. The molecule has 0 radical (unpaired) electrons. The zero-order chi connectivity index (χ0) is 12.8. The van der Waals surface area contributed by atoms with Crippen molar-refractivity contribution in [3.63, 3.8) is 0 Å². The summed E-state index contributed by atoms with van der Waals surface area (Å²) < 4.78 is 0. The van der Waals surface area contributed by atoms with Gasteiger partial charge in [0.1, 0.15) is 0 Å². The molecule has 100 valence electrons. The summed E-state index contributed by atoms with van der Waals surface area (Å²) in [7, 11) is 2.25. The van der Waals surface area contributed by atoms with Crippen molar-refractivity contribution in [3.05, 3.63) is 30.1 Å². The number of pyridine rings is 1. The van der Waals surface area contributed by atoms with Crippen molar-refractivity contribution in [1.29, 1.82) is 0 Å². The molecule has 1 fully saturated rings. The van der Waals surface area contributed by atoms with E-state index < -0.39 is 0 Å². The molecule has 1 aromatic rings. The Morgan fingerprint density at radius 1 is 1.61 bits per heavy atom. The van der Waals surface area contributed by atoms with Crippen LogP contribution >= 0.6 is 11.8 Å². The molecule has 1 aromatic heterocycles. The summed E-state index contributed by atoms with van der Waals surface area (Å²) in [6.45, 7) is 4.41. The molecule has 1 aliphatic rings. The van der Waals surface area contributed by atoms with E-state index in [-0.39, 0.29) is 0 Å². The zero-order valence-electron chi connectivity index (χ0n) is 11.3. The predicted octanol–water partition coefficient (Wildman–Crippen LogP) is 1.65. The topological polar surface area (TPSA) is 28.2 Å². The van der Waals surface area contributed by atoms with E-state index in [2.05, 4.69) is 47.0 Å². The van der Waals surface area contributed by atoms with Crippen LogP contribution in [0.3, 0.4) is 0 Å². The van der Waals surface area contributed by atoms with Crippen LogP contribution in [0.5, 0.6) is 0 Å². The molecule has 2 unspecified atom stereocenters. The fourth-order valence-corrected chi connectivity index (χ4v) is 3.82. The van der Waals surface area contributed by atoms with Gasteiger partial charge in [0.25, 0.3) is 0 Å². The van der Waals surface area contributed by atoms with Gasteiger partial charge in [-0.25, -0.2) is 0 Å². The van der Waals surface area contributed by atoms with Gasteiger partial charge >= 0.3 is 0 Å². The van der Waals surface area contributed by atoms with Crippen LogP contribution in [-0.4, -0.2) is 53.6 Å². The van der Waals surface area contributed by atoms with E-state index in [4.69, 9.17) is 0 Å². The van der Waals surface area contributed by atoms with Crippen molar-refractivity contribution < 1.29 is 0 Å². The van der Waals surface area contributed by atoms with Crippen molar-refractivity contribution >= 4 is 11.8 Å². The van der Waals surface area contributed by atoms with Crippen LogP contribution in [0.2, 0.25) is 0 Å². The molecule has 3 nitrogen and oxygen atoms in total. The Balaban J connectivity index is 2.02. The minimum absolute atomic E-state index is 0.525. The number of thioether (sulfide) groups is 1. The third-order valence-corrected chi connectivity index (χ3v) is 4.60. The summed E-state index contributed by atoms with van der Waals surface area (Å²) in [4.78, 5) is 6.72. The molecule has 2 rings (SSSR count). The number of rotatable bonds is 5. The molecule has 0 spiro atoms. The van der Waals surface area contributed by atoms with Crippen molar-refractivity contribution in [2.75, 3.05) is 31.6 Å². The Morgan fingerprint density at radius 3 is 3.17 bits per heavy atom. The van der Waals surface area contributed by atoms with E-state index >= 15 is 0 Å². The molecule has 0 bridgehead atoms. The lowest BCUT2D eigenvalue weighted by atomic mass is 10.0. The number of nitrogens with one attached hydrogen (secondary N) is 1. The van der Waals surface area contributed by atoms with E-state index in [1.165, 1.54) is 23.6 Å².